The Morgan fingerprint density at radius 2 is 1.75 bits per heavy atom. The molecular formula is C12H18BNO6. The van der Waals surface area contributed by atoms with Gasteiger partial charge in [-0.05, 0) is 6.92 Å². The Morgan fingerprint density at radius 1 is 1.20 bits per heavy atom. The summed E-state index contributed by atoms with van der Waals surface area (Å²) in [6.45, 7) is 1.01. The molecule has 1 rings (SSSR count). The highest BCUT2D eigenvalue weighted by Gasteiger charge is 2.46. The maximum atomic E-state index is 11.2. The minimum Gasteiger partial charge on any atom is -0.614 e. The Morgan fingerprint density at radius 3 is 2.20 bits per heavy atom. The minimum absolute atomic E-state index is 0.352. The second-order valence-electron chi connectivity index (χ2n) is 4.47. The molecule has 0 amide bonds. The number of carbonyl (C=O) groups is 2. The first kappa shape index (κ1) is 15.8. The maximum Gasteiger partial charge on any atom is 0.780 e. The van der Waals surface area contributed by atoms with Crippen molar-refractivity contribution >= 4 is 25.1 Å². The first-order chi connectivity index (χ1) is 9.22. The molecule has 0 aromatic carbocycles. The number of rotatable bonds is 3. The third kappa shape index (κ3) is 4.79. The van der Waals surface area contributed by atoms with Crippen molar-refractivity contribution in [3.8, 4) is 0 Å². The highest BCUT2D eigenvalue weighted by atomic mass is 16.9. The summed E-state index contributed by atoms with van der Waals surface area (Å²) in [6.07, 6.45) is 4.95. The third-order valence-electron chi connectivity index (χ3n) is 2.11. The van der Waals surface area contributed by atoms with Crippen LogP contribution in [0.5, 0.6) is 0 Å². The van der Waals surface area contributed by atoms with Crippen LogP contribution in [0.1, 0.15) is 20.8 Å². The van der Waals surface area contributed by atoms with E-state index in [1.165, 1.54) is 13.8 Å². The number of hydrogen-bond acceptors (Lipinski definition) is 6. The second-order valence-corrected chi connectivity index (χ2v) is 4.47. The molecular weight excluding hydrogens is 265 g/mol. The summed E-state index contributed by atoms with van der Waals surface area (Å²) < 4.78 is 22.3. The van der Waals surface area contributed by atoms with Crippen LogP contribution in [0.2, 0.25) is 0 Å². The molecule has 8 heteroatoms. The molecule has 0 N–H and O–H groups in total. The van der Waals surface area contributed by atoms with E-state index in [0.29, 0.717) is 11.5 Å². The number of nitrogens with zero attached hydrogens (tertiary/aromatic N) is 1. The Kier molecular flexibility index (Phi) is 4.96. The monoisotopic (exact) mass is 283 g/mol. The number of hydrogen-bond donors (Lipinski definition) is 0. The standard InChI is InChI=1S/C12H18BNO6/c1-9-8-12(6-7-14(4)5)20-13(17-9,18-10(2)15)19-11(3)16/h6-8H,1-5H3/b12-6-. The summed E-state index contributed by atoms with van der Waals surface area (Å²) in [4.78, 5) is 22.3. The average molecular weight is 283 g/mol. The topological polar surface area (TPSA) is 74.1 Å². The molecule has 20 heavy (non-hydrogen) atoms. The van der Waals surface area contributed by atoms with Crippen LogP contribution >= 0.6 is 0 Å². The van der Waals surface area contributed by atoms with Crippen LogP contribution < -0.4 is 0 Å². The summed E-state index contributed by atoms with van der Waals surface area (Å²) in [5.74, 6) is -0.615. The van der Waals surface area contributed by atoms with E-state index in [-0.39, 0.29) is 0 Å². The van der Waals surface area contributed by atoms with Crippen molar-refractivity contribution in [2.75, 3.05) is 14.1 Å². The molecule has 0 saturated heterocycles. The molecule has 0 unspecified atom stereocenters. The van der Waals surface area contributed by atoms with Gasteiger partial charge in [0.25, 0.3) is 11.9 Å². The molecule has 1 heterocycles. The summed E-state index contributed by atoms with van der Waals surface area (Å²) in [5.41, 5.74) is 0. The van der Waals surface area contributed by atoms with E-state index in [2.05, 4.69) is 0 Å². The third-order valence-corrected chi connectivity index (χ3v) is 2.11. The molecule has 1 aliphatic rings. The van der Waals surface area contributed by atoms with E-state index in [4.69, 9.17) is 18.6 Å². The Balaban J connectivity index is 3.10. The molecule has 0 aromatic rings. The lowest BCUT2D eigenvalue weighted by atomic mass is 10.0. The summed E-state index contributed by atoms with van der Waals surface area (Å²) in [7, 11) is 3.67. The lowest BCUT2D eigenvalue weighted by Gasteiger charge is -2.42. The van der Waals surface area contributed by atoms with Gasteiger partial charge in [0.05, 0.1) is 11.5 Å². The zero-order valence-corrected chi connectivity index (χ0v) is 12.2. The summed E-state index contributed by atoms with van der Waals surface area (Å²) >= 11 is 0. The predicted molar refractivity (Wildman–Crippen MR) is 71.5 cm³/mol. The average Bonchev–Trinajstić information content (AvgIpc) is 2.22. The van der Waals surface area contributed by atoms with Gasteiger partial charge in [0.2, 0.25) is 0 Å². The lowest BCUT2D eigenvalue weighted by molar-refractivity contribution is -0.458. The quantitative estimate of drug-likeness (QED) is 0.432. The van der Waals surface area contributed by atoms with Crippen molar-refractivity contribution in [2.24, 2.45) is 0 Å². The van der Waals surface area contributed by atoms with E-state index < -0.39 is 18.9 Å². The molecule has 0 radical (unpaired) electrons. The van der Waals surface area contributed by atoms with E-state index in [1.54, 1.807) is 29.9 Å². The van der Waals surface area contributed by atoms with Gasteiger partial charge >= 0.3 is 6.96 Å². The molecule has 0 fully saturated rings. The van der Waals surface area contributed by atoms with Crippen molar-refractivity contribution < 1.29 is 32.8 Å². The van der Waals surface area contributed by atoms with Crippen LogP contribution in [-0.4, -0.2) is 43.8 Å². The van der Waals surface area contributed by atoms with Gasteiger partial charge < -0.3 is 18.6 Å². The molecule has 0 saturated carbocycles. The Labute approximate surface area is 117 Å². The number of carbonyl (C=O) groups excluding carboxylic acids is 2. The fourth-order valence-corrected chi connectivity index (χ4v) is 1.52. The van der Waals surface area contributed by atoms with Gasteiger partial charge in [-0.2, -0.15) is 0 Å². The highest BCUT2D eigenvalue weighted by molar-refractivity contribution is 6.58. The fourth-order valence-electron chi connectivity index (χ4n) is 1.52. The van der Waals surface area contributed by atoms with Crippen molar-refractivity contribution in [1.82, 2.24) is 0 Å². The van der Waals surface area contributed by atoms with Gasteiger partial charge in [-0.15, -0.1) is 0 Å². The smallest absolute Gasteiger partial charge is 0.614 e. The van der Waals surface area contributed by atoms with Gasteiger partial charge in [-0.25, -0.2) is 4.58 Å². The van der Waals surface area contributed by atoms with E-state index in [9.17, 15) is 9.59 Å². The molecule has 0 atom stereocenters. The molecule has 7 nitrogen and oxygen atoms in total. The second kappa shape index (κ2) is 6.27. The van der Waals surface area contributed by atoms with E-state index >= 15 is 0 Å². The van der Waals surface area contributed by atoms with Gasteiger partial charge in [-0.3, -0.25) is 9.59 Å². The molecule has 0 aliphatic carbocycles. The van der Waals surface area contributed by atoms with Crippen molar-refractivity contribution in [2.45, 2.75) is 20.8 Å². The van der Waals surface area contributed by atoms with Crippen LogP contribution in [0.25, 0.3) is 0 Å². The SMILES string of the molecule is CC(=O)O[B-]1(OC(C)=O)OC(C)=C/C(=C/C=[N+](C)C)O1. The van der Waals surface area contributed by atoms with E-state index in [0.717, 1.165) is 0 Å². The molecule has 0 bridgehead atoms. The van der Waals surface area contributed by atoms with E-state index in [1.807, 2.05) is 14.1 Å². The highest BCUT2D eigenvalue weighted by Crippen LogP contribution is 2.26. The van der Waals surface area contributed by atoms with Crippen molar-refractivity contribution in [3.63, 3.8) is 0 Å². The maximum absolute atomic E-state index is 11.2. The zero-order valence-electron chi connectivity index (χ0n) is 12.2. The van der Waals surface area contributed by atoms with Gasteiger partial charge in [0.15, 0.2) is 6.21 Å². The zero-order chi connectivity index (χ0) is 15.3. The predicted octanol–water partition coefficient (Wildman–Crippen LogP) is 0.726. The number of allylic oxidation sites excluding steroid dienone is 3. The first-order valence-corrected chi connectivity index (χ1v) is 6.02. The molecule has 0 spiro atoms. The first-order valence-electron chi connectivity index (χ1n) is 6.02. The molecule has 1 aliphatic heterocycles. The lowest BCUT2D eigenvalue weighted by Crippen LogP contribution is -2.52. The van der Waals surface area contributed by atoms with Crippen LogP contribution in [0.4, 0.5) is 0 Å². The summed E-state index contributed by atoms with van der Waals surface area (Å²) in [5, 5.41) is 0. The Bertz CT molecular complexity index is 488. The summed E-state index contributed by atoms with van der Waals surface area (Å²) in [6, 6.07) is 0. The van der Waals surface area contributed by atoms with Crippen LogP contribution in [-0.2, 0) is 28.2 Å². The van der Waals surface area contributed by atoms with Crippen molar-refractivity contribution in [1.29, 1.82) is 0 Å². The Hall–Kier alpha value is -2.25. The van der Waals surface area contributed by atoms with Crippen molar-refractivity contribution in [3.05, 3.63) is 23.7 Å². The van der Waals surface area contributed by atoms with Crippen LogP contribution in [0.3, 0.4) is 0 Å². The van der Waals surface area contributed by atoms with Gasteiger partial charge in [0, 0.05) is 26.0 Å². The molecule has 110 valence electrons. The van der Waals surface area contributed by atoms with Gasteiger partial charge in [-0.1, -0.05) is 0 Å². The normalized spacial score (nSPS) is 18.2. The van der Waals surface area contributed by atoms with Crippen LogP contribution in [0, 0.1) is 0 Å². The van der Waals surface area contributed by atoms with Gasteiger partial charge in [0.1, 0.15) is 14.1 Å². The fraction of sp³-hybridized carbons (Fsp3) is 0.417. The molecule has 0 aromatic heterocycles. The largest absolute Gasteiger partial charge is 0.780 e. The minimum atomic E-state index is -2.97. The van der Waals surface area contributed by atoms with Crippen LogP contribution in [0.15, 0.2) is 23.7 Å².